The molecular formula is C21H29N3O3. The van der Waals surface area contributed by atoms with Gasteiger partial charge in [0.05, 0.1) is 18.7 Å². The first-order chi connectivity index (χ1) is 13.1. The van der Waals surface area contributed by atoms with Crippen molar-refractivity contribution in [3.63, 3.8) is 0 Å². The van der Waals surface area contributed by atoms with E-state index in [0.717, 1.165) is 48.6 Å². The van der Waals surface area contributed by atoms with E-state index in [1.165, 1.54) is 5.56 Å². The van der Waals surface area contributed by atoms with Crippen molar-refractivity contribution < 1.29 is 14.1 Å². The third kappa shape index (κ3) is 4.50. The summed E-state index contributed by atoms with van der Waals surface area (Å²) in [4.78, 5) is 16.6. The molecule has 0 aliphatic carbocycles. The van der Waals surface area contributed by atoms with Crippen LogP contribution in [0.25, 0.3) is 11.3 Å². The standard InChI is InChI=1S/C21H29N3O3/c1-4-19(25)24(12-13-26-3)15-18-20(17-9-7-8-16(2)14-17)22-27-21(18)23-10-5-6-11-23/h7-9,14H,4-6,10-13,15H2,1-3H3. The third-order valence-electron chi connectivity index (χ3n) is 5.02. The second-order valence-corrected chi connectivity index (χ2v) is 7.04. The zero-order valence-corrected chi connectivity index (χ0v) is 16.5. The van der Waals surface area contributed by atoms with Crippen molar-refractivity contribution in [3.8, 4) is 11.3 Å². The number of anilines is 1. The normalized spacial score (nSPS) is 14.0. The maximum Gasteiger partial charge on any atom is 0.232 e. The van der Waals surface area contributed by atoms with Crippen molar-refractivity contribution in [2.45, 2.75) is 39.7 Å². The Bertz CT molecular complexity index is 766. The van der Waals surface area contributed by atoms with Crippen LogP contribution in [0, 0.1) is 6.92 Å². The molecule has 6 heteroatoms. The fourth-order valence-electron chi connectivity index (χ4n) is 3.54. The summed E-state index contributed by atoms with van der Waals surface area (Å²) < 4.78 is 11.0. The van der Waals surface area contributed by atoms with Crippen LogP contribution in [0.2, 0.25) is 0 Å². The van der Waals surface area contributed by atoms with Gasteiger partial charge in [-0.3, -0.25) is 4.79 Å². The highest BCUT2D eigenvalue weighted by Gasteiger charge is 2.27. The van der Waals surface area contributed by atoms with E-state index in [1.54, 1.807) is 7.11 Å². The summed E-state index contributed by atoms with van der Waals surface area (Å²) in [6, 6.07) is 8.24. The molecule has 27 heavy (non-hydrogen) atoms. The number of aromatic nitrogens is 1. The van der Waals surface area contributed by atoms with Gasteiger partial charge in [0.15, 0.2) is 0 Å². The number of methoxy groups -OCH3 is 1. The van der Waals surface area contributed by atoms with Crippen LogP contribution in [0.4, 0.5) is 5.88 Å². The predicted molar refractivity (Wildman–Crippen MR) is 106 cm³/mol. The average molecular weight is 371 g/mol. The molecule has 0 bridgehead atoms. The summed E-state index contributed by atoms with van der Waals surface area (Å²) in [5.74, 6) is 0.908. The zero-order chi connectivity index (χ0) is 19.2. The van der Waals surface area contributed by atoms with E-state index < -0.39 is 0 Å². The highest BCUT2D eigenvalue weighted by atomic mass is 16.5. The lowest BCUT2D eigenvalue weighted by molar-refractivity contribution is -0.132. The first-order valence-corrected chi connectivity index (χ1v) is 9.71. The lowest BCUT2D eigenvalue weighted by Gasteiger charge is -2.23. The number of rotatable bonds is 8. The molecule has 1 amide bonds. The van der Waals surface area contributed by atoms with E-state index in [2.05, 4.69) is 29.1 Å². The monoisotopic (exact) mass is 371 g/mol. The molecule has 1 aromatic heterocycles. The summed E-state index contributed by atoms with van der Waals surface area (Å²) in [5.41, 5.74) is 4.01. The van der Waals surface area contributed by atoms with Gasteiger partial charge in [0.1, 0.15) is 5.69 Å². The molecule has 1 aliphatic heterocycles. The van der Waals surface area contributed by atoms with Crippen LogP contribution in [0.15, 0.2) is 28.8 Å². The number of hydrogen-bond donors (Lipinski definition) is 0. The topological polar surface area (TPSA) is 58.8 Å². The Labute approximate surface area is 161 Å². The summed E-state index contributed by atoms with van der Waals surface area (Å²) in [7, 11) is 1.65. The van der Waals surface area contributed by atoms with Gasteiger partial charge in [-0.25, -0.2) is 0 Å². The molecule has 1 fully saturated rings. The van der Waals surface area contributed by atoms with E-state index in [-0.39, 0.29) is 5.91 Å². The SMILES string of the molecule is CCC(=O)N(CCOC)Cc1c(-c2cccc(C)c2)noc1N1CCCC1. The molecule has 2 heterocycles. The molecule has 0 saturated carbocycles. The number of carbonyl (C=O) groups excluding carboxylic acids is 1. The lowest BCUT2D eigenvalue weighted by atomic mass is 10.0. The van der Waals surface area contributed by atoms with Crippen LogP contribution in [-0.4, -0.2) is 49.3 Å². The van der Waals surface area contributed by atoms with Crippen molar-refractivity contribution in [2.24, 2.45) is 0 Å². The molecule has 0 unspecified atom stereocenters. The molecule has 6 nitrogen and oxygen atoms in total. The van der Waals surface area contributed by atoms with Crippen molar-refractivity contribution in [3.05, 3.63) is 35.4 Å². The van der Waals surface area contributed by atoms with Gasteiger partial charge in [-0.1, -0.05) is 35.8 Å². The molecule has 0 atom stereocenters. The zero-order valence-electron chi connectivity index (χ0n) is 16.5. The Kier molecular flexibility index (Phi) is 6.50. The summed E-state index contributed by atoms with van der Waals surface area (Å²) in [6.07, 6.45) is 2.77. The number of amides is 1. The minimum atomic E-state index is 0.107. The van der Waals surface area contributed by atoms with Gasteiger partial charge >= 0.3 is 0 Å². The average Bonchev–Trinajstić information content (AvgIpc) is 3.33. The minimum absolute atomic E-state index is 0.107. The summed E-state index contributed by atoms with van der Waals surface area (Å²) >= 11 is 0. The molecule has 3 rings (SSSR count). The van der Waals surface area contributed by atoms with Gasteiger partial charge in [-0.2, -0.15) is 0 Å². The predicted octanol–water partition coefficient (Wildman–Crippen LogP) is 3.64. The van der Waals surface area contributed by atoms with E-state index in [1.807, 2.05) is 24.0 Å². The van der Waals surface area contributed by atoms with E-state index in [9.17, 15) is 4.79 Å². The van der Waals surface area contributed by atoms with E-state index in [0.29, 0.717) is 26.1 Å². The maximum atomic E-state index is 12.5. The molecule has 146 valence electrons. The smallest absolute Gasteiger partial charge is 0.232 e. The Hall–Kier alpha value is -2.34. The van der Waals surface area contributed by atoms with E-state index >= 15 is 0 Å². The second-order valence-electron chi connectivity index (χ2n) is 7.04. The quantitative estimate of drug-likeness (QED) is 0.709. The van der Waals surface area contributed by atoms with E-state index in [4.69, 9.17) is 9.26 Å². The van der Waals surface area contributed by atoms with Crippen molar-refractivity contribution in [2.75, 3.05) is 38.3 Å². The molecule has 1 saturated heterocycles. The number of hydrogen-bond acceptors (Lipinski definition) is 5. The Morgan fingerprint density at radius 2 is 2.11 bits per heavy atom. The second kappa shape index (κ2) is 9.04. The van der Waals surface area contributed by atoms with Crippen LogP contribution in [-0.2, 0) is 16.1 Å². The number of ether oxygens (including phenoxy) is 1. The number of aryl methyl sites for hydroxylation is 1. The molecule has 0 spiro atoms. The van der Waals surface area contributed by atoms with Crippen molar-refractivity contribution in [1.82, 2.24) is 10.1 Å². The van der Waals surface area contributed by atoms with Crippen LogP contribution < -0.4 is 4.90 Å². The molecular weight excluding hydrogens is 342 g/mol. The Morgan fingerprint density at radius 1 is 1.33 bits per heavy atom. The molecule has 0 radical (unpaired) electrons. The van der Waals surface area contributed by atoms with Crippen molar-refractivity contribution >= 4 is 11.8 Å². The summed E-state index contributed by atoms with van der Waals surface area (Å²) in [6.45, 7) is 7.44. The van der Waals surface area contributed by atoms with Gasteiger partial charge in [0, 0.05) is 38.7 Å². The minimum Gasteiger partial charge on any atom is -0.383 e. The van der Waals surface area contributed by atoms with Crippen LogP contribution in [0.5, 0.6) is 0 Å². The molecule has 1 aliphatic rings. The van der Waals surface area contributed by atoms with Gasteiger partial charge in [0.25, 0.3) is 0 Å². The van der Waals surface area contributed by atoms with Gasteiger partial charge in [-0.15, -0.1) is 0 Å². The highest BCUT2D eigenvalue weighted by Crippen LogP contribution is 2.34. The Balaban J connectivity index is 1.98. The summed E-state index contributed by atoms with van der Waals surface area (Å²) in [5, 5.41) is 4.40. The fraction of sp³-hybridized carbons (Fsp3) is 0.524. The van der Waals surface area contributed by atoms with Crippen LogP contribution >= 0.6 is 0 Å². The van der Waals surface area contributed by atoms with Crippen LogP contribution in [0.1, 0.15) is 37.3 Å². The molecule has 2 aromatic rings. The van der Waals surface area contributed by atoms with Gasteiger partial charge < -0.3 is 19.1 Å². The molecule has 1 aromatic carbocycles. The fourth-order valence-corrected chi connectivity index (χ4v) is 3.54. The first kappa shape index (κ1) is 19.4. The maximum absolute atomic E-state index is 12.5. The van der Waals surface area contributed by atoms with Gasteiger partial charge in [-0.05, 0) is 25.8 Å². The third-order valence-corrected chi connectivity index (χ3v) is 5.02. The first-order valence-electron chi connectivity index (χ1n) is 9.71. The van der Waals surface area contributed by atoms with Gasteiger partial charge in [0.2, 0.25) is 11.8 Å². The molecule has 0 N–H and O–H groups in total. The lowest BCUT2D eigenvalue weighted by Crippen LogP contribution is -2.33. The Morgan fingerprint density at radius 3 is 2.78 bits per heavy atom. The number of carbonyl (C=O) groups is 1. The largest absolute Gasteiger partial charge is 0.383 e. The number of benzene rings is 1. The number of nitrogens with zero attached hydrogens (tertiary/aromatic N) is 3. The van der Waals surface area contributed by atoms with Crippen molar-refractivity contribution in [1.29, 1.82) is 0 Å². The highest BCUT2D eigenvalue weighted by molar-refractivity contribution is 5.77. The van der Waals surface area contributed by atoms with Crippen LogP contribution in [0.3, 0.4) is 0 Å².